The Bertz CT molecular complexity index is 302. The van der Waals surface area contributed by atoms with Crippen LogP contribution < -0.4 is 4.72 Å². The van der Waals surface area contributed by atoms with Gasteiger partial charge in [-0.05, 0) is 0 Å². The smallest absolute Gasteiger partial charge is 0.209 e. The second-order valence-corrected chi connectivity index (χ2v) is 4.03. The van der Waals surface area contributed by atoms with Gasteiger partial charge in [0.2, 0.25) is 10.0 Å². The van der Waals surface area contributed by atoms with E-state index in [4.69, 9.17) is 0 Å². The molecule has 0 aliphatic rings. The molecular weight excluding hydrogens is 166 g/mol. The standard InChI is InChI=1S/C5H9N3O2S/c1-11(9,10)8-4-5-2-6-7-3-5/h2-3,8H,4H2,1H3,(H,6,7). The molecule has 1 rings (SSSR count). The molecule has 1 heterocycles. The Hall–Kier alpha value is -0.880. The van der Waals surface area contributed by atoms with Crippen LogP contribution in [0.15, 0.2) is 12.4 Å². The molecule has 11 heavy (non-hydrogen) atoms. The van der Waals surface area contributed by atoms with Crippen molar-refractivity contribution in [2.24, 2.45) is 0 Å². The second kappa shape index (κ2) is 3.02. The normalized spacial score (nSPS) is 11.7. The Morgan fingerprint density at radius 1 is 1.73 bits per heavy atom. The zero-order valence-corrected chi connectivity index (χ0v) is 6.85. The molecule has 62 valence electrons. The predicted octanol–water partition coefficient (Wildman–Crippen LogP) is -0.541. The van der Waals surface area contributed by atoms with Gasteiger partial charge in [-0.15, -0.1) is 0 Å². The zero-order chi connectivity index (χ0) is 8.32. The van der Waals surface area contributed by atoms with Crippen molar-refractivity contribution in [3.05, 3.63) is 18.0 Å². The summed E-state index contributed by atoms with van der Waals surface area (Å²) in [6.07, 6.45) is 4.32. The van der Waals surface area contributed by atoms with Crippen LogP contribution in [-0.2, 0) is 16.6 Å². The van der Waals surface area contributed by atoms with Crippen LogP contribution >= 0.6 is 0 Å². The number of aromatic amines is 1. The van der Waals surface area contributed by atoms with E-state index < -0.39 is 10.0 Å². The topological polar surface area (TPSA) is 74.8 Å². The van der Waals surface area contributed by atoms with E-state index >= 15 is 0 Å². The number of rotatable bonds is 3. The Morgan fingerprint density at radius 2 is 2.45 bits per heavy atom. The van der Waals surface area contributed by atoms with Crippen molar-refractivity contribution in [1.82, 2.24) is 14.9 Å². The highest BCUT2D eigenvalue weighted by Crippen LogP contribution is 1.92. The lowest BCUT2D eigenvalue weighted by atomic mass is 10.4. The Labute approximate surface area is 64.9 Å². The Balaban J connectivity index is 2.48. The highest BCUT2D eigenvalue weighted by atomic mass is 32.2. The third-order valence-corrected chi connectivity index (χ3v) is 1.76. The molecule has 0 unspecified atom stereocenters. The SMILES string of the molecule is CS(=O)(=O)NCc1cn[nH]c1. The molecule has 0 aliphatic heterocycles. The van der Waals surface area contributed by atoms with Crippen molar-refractivity contribution in [2.45, 2.75) is 6.54 Å². The van der Waals surface area contributed by atoms with Gasteiger partial charge >= 0.3 is 0 Å². The number of nitrogens with one attached hydrogen (secondary N) is 2. The fraction of sp³-hybridized carbons (Fsp3) is 0.400. The van der Waals surface area contributed by atoms with Crippen molar-refractivity contribution < 1.29 is 8.42 Å². The highest BCUT2D eigenvalue weighted by molar-refractivity contribution is 7.88. The molecule has 1 aromatic rings. The number of sulfonamides is 1. The summed E-state index contributed by atoms with van der Waals surface area (Å²) in [5.74, 6) is 0. The van der Waals surface area contributed by atoms with Gasteiger partial charge in [-0.3, -0.25) is 5.10 Å². The van der Waals surface area contributed by atoms with Crippen molar-refractivity contribution in [3.8, 4) is 0 Å². The van der Waals surface area contributed by atoms with Gasteiger partial charge in [0, 0.05) is 18.3 Å². The molecule has 1 aromatic heterocycles. The summed E-state index contributed by atoms with van der Waals surface area (Å²) in [6, 6.07) is 0. The first-order chi connectivity index (χ1) is 5.08. The molecule has 0 amide bonds. The van der Waals surface area contributed by atoms with Crippen molar-refractivity contribution in [3.63, 3.8) is 0 Å². The lowest BCUT2D eigenvalue weighted by molar-refractivity contribution is 0.587. The van der Waals surface area contributed by atoms with E-state index in [9.17, 15) is 8.42 Å². The third-order valence-electron chi connectivity index (χ3n) is 1.09. The molecular formula is C5H9N3O2S. The minimum Gasteiger partial charge on any atom is -0.285 e. The van der Waals surface area contributed by atoms with Gasteiger partial charge in [-0.2, -0.15) is 5.10 Å². The fourth-order valence-electron chi connectivity index (χ4n) is 0.589. The van der Waals surface area contributed by atoms with Gasteiger partial charge in [0.05, 0.1) is 12.5 Å². The summed E-state index contributed by atoms with van der Waals surface area (Å²) >= 11 is 0. The lowest BCUT2D eigenvalue weighted by Crippen LogP contribution is -2.20. The van der Waals surface area contributed by atoms with Gasteiger partial charge in [0.1, 0.15) is 0 Å². The first-order valence-electron chi connectivity index (χ1n) is 3.00. The maximum absolute atomic E-state index is 10.6. The number of aromatic nitrogens is 2. The summed E-state index contributed by atoms with van der Waals surface area (Å²) < 4.78 is 23.5. The summed E-state index contributed by atoms with van der Waals surface area (Å²) in [6.45, 7) is 0.287. The van der Waals surface area contributed by atoms with E-state index in [0.29, 0.717) is 0 Å². The predicted molar refractivity (Wildman–Crippen MR) is 40.3 cm³/mol. The largest absolute Gasteiger partial charge is 0.285 e. The van der Waals surface area contributed by atoms with Gasteiger partial charge in [-0.25, -0.2) is 13.1 Å². The van der Waals surface area contributed by atoms with E-state index in [1.54, 1.807) is 12.4 Å². The molecule has 6 heteroatoms. The molecule has 0 saturated carbocycles. The molecule has 5 nitrogen and oxygen atoms in total. The van der Waals surface area contributed by atoms with Crippen LogP contribution in [0, 0.1) is 0 Å². The summed E-state index contributed by atoms with van der Waals surface area (Å²) in [4.78, 5) is 0. The first-order valence-corrected chi connectivity index (χ1v) is 4.89. The Kier molecular flexibility index (Phi) is 2.25. The van der Waals surface area contributed by atoms with Crippen LogP contribution in [0.4, 0.5) is 0 Å². The third kappa shape index (κ3) is 3.15. The summed E-state index contributed by atoms with van der Waals surface area (Å²) in [7, 11) is -3.09. The molecule has 0 aromatic carbocycles. The maximum Gasteiger partial charge on any atom is 0.209 e. The molecule has 2 N–H and O–H groups in total. The van der Waals surface area contributed by atoms with Gasteiger partial charge < -0.3 is 0 Å². The van der Waals surface area contributed by atoms with Crippen molar-refractivity contribution in [1.29, 1.82) is 0 Å². The summed E-state index contributed by atoms with van der Waals surface area (Å²) in [5, 5.41) is 6.24. The molecule has 0 bridgehead atoms. The highest BCUT2D eigenvalue weighted by Gasteiger charge is 2.00. The number of hydrogen-bond acceptors (Lipinski definition) is 3. The molecule has 0 saturated heterocycles. The van der Waals surface area contributed by atoms with E-state index in [-0.39, 0.29) is 6.54 Å². The van der Waals surface area contributed by atoms with Crippen molar-refractivity contribution in [2.75, 3.05) is 6.26 Å². The van der Waals surface area contributed by atoms with Gasteiger partial charge in [0.15, 0.2) is 0 Å². The van der Waals surface area contributed by atoms with Crippen LogP contribution in [0.25, 0.3) is 0 Å². The van der Waals surface area contributed by atoms with E-state index in [0.717, 1.165) is 11.8 Å². The lowest BCUT2D eigenvalue weighted by Gasteiger charge is -1.96. The van der Waals surface area contributed by atoms with Gasteiger partial charge in [0.25, 0.3) is 0 Å². The first kappa shape index (κ1) is 8.22. The van der Waals surface area contributed by atoms with Crippen LogP contribution in [-0.4, -0.2) is 24.9 Å². The molecule has 0 spiro atoms. The average Bonchev–Trinajstić information content (AvgIpc) is 2.32. The minimum atomic E-state index is -3.09. The number of nitrogens with zero attached hydrogens (tertiary/aromatic N) is 1. The minimum absolute atomic E-state index is 0.287. The molecule has 0 aliphatic carbocycles. The Morgan fingerprint density at radius 3 is 2.91 bits per heavy atom. The zero-order valence-electron chi connectivity index (χ0n) is 6.03. The summed E-state index contributed by atoms with van der Waals surface area (Å²) in [5.41, 5.74) is 0.815. The second-order valence-electron chi connectivity index (χ2n) is 2.20. The van der Waals surface area contributed by atoms with Gasteiger partial charge in [-0.1, -0.05) is 0 Å². The fourth-order valence-corrected chi connectivity index (χ4v) is 1.02. The average molecular weight is 175 g/mol. The van der Waals surface area contributed by atoms with E-state index in [1.165, 1.54) is 0 Å². The number of H-pyrrole nitrogens is 1. The van der Waals surface area contributed by atoms with Crippen molar-refractivity contribution >= 4 is 10.0 Å². The quantitative estimate of drug-likeness (QED) is 0.647. The van der Waals surface area contributed by atoms with Crippen LogP contribution in [0.2, 0.25) is 0 Å². The molecule has 0 radical (unpaired) electrons. The van der Waals surface area contributed by atoms with E-state index in [1.807, 2.05) is 0 Å². The monoisotopic (exact) mass is 175 g/mol. The van der Waals surface area contributed by atoms with Crippen LogP contribution in [0.5, 0.6) is 0 Å². The van der Waals surface area contributed by atoms with Crippen LogP contribution in [0.1, 0.15) is 5.56 Å². The number of hydrogen-bond donors (Lipinski definition) is 2. The van der Waals surface area contributed by atoms with E-state index in [2.05, 4.69) is 14.9 Å². The maximum atomic E-state index is 10.6. The van der Waals surface area contributed by atoms with Crippen LogP contribution in [0.3, 0.4) is 0 Å². The molecule has 0 atom stereocenters. The molecule has 0 fully saturated rings.